The molecular formula is C36H49N5O4. The number of amides is 3. The fourth-order valence-corrected chi connectivity index (χ4v) is 7.87. The predicted octanol–water partition coefficient (Wildman–Crippen LogP) is 3.83. The monoisotopic (exact) mass is 615 g/mol. The van der Waals surface area contributed by atoms with Crippen LogP contribution in [0.1, 0.15) is 66.4 Å². The molecule has 0 saturated carbocycles. The second-order valence-corrected chi connectivity index (χ2v) is 14.7. The number of likely N-dealkylation sites (tertiary alicyclic amines) is 2. The zero-order chi connectivity index (χ0) is 32.0. The largest absolute Gasteiger partial charge is 0.490 e. The normalized spacial score (nSPS) is 28.8. The molecule has 0 aromatic heterocycles. The fraction of sp³-hybridized carbons (Fsp3) is 0.583. The summed E-state index contributed by atoms with van der Waals surface area (Å²) in [5, 5.41) is 3.14. The van der Waals surface area contributed by atoms with Gasteiger partial charge in [0.2, 0.25) is 11.8 Å². The van der Waals surface area contributed by atoms with E-state index in [9.17, 15) is 14.4 Å². The minimum Gasteiger partial charge on any atom is -0.490 e. The summed E-state index contributed by atoms with van der Waals surface area (Å²) in [7, 11) is 0. The second-order valence-electron chi connectivity index (χ2n) is 14.7. The van der Waals surface area contributed by atoms with Gasteiger partial charge in [-0.1, -0.05) is 44.2 Å². The van der Waals surface area contributed by atoms with Crippen molar-refractivity contribution in [3.63, 3.8) is 0 Å². The first-order valence-electron chi connectivity index (χ1n) is 16.7. The van der Waals surface area contributed by atoms with E-state index in [2.05, 4.69) is 46.0 Å². The van der Waals surface area contributed by atoms with Gasteiger partial charge in [-0.2, -0.15) is 0 Å². The van der Waals surface area contributed by atoms with E-state index >= 15 is 0 Å². The van der Waals surface area contributed by atoms with Crippen LogP contribution in [0.5, 0.6) is 0 Å². The van der Waals surface area contributed by atoms with Crippen molar-refractivity contribution in [2.24, 2.45) is 5.92 Å². The Labute approximate surface area is 267 Å². The molecule has 1 aromatic rings. The maximum absolute atomic E-state index is 13.8. The summed E-state index contributed by atoms with van der Waals surface area (Å²) in [6, 6.07) is 10.2. The Bertz CT molecular complexity index is 1410. The van der Waals surface area contributed by atoms with Crippen LogP contribution >= 0.6 is 0 Å². The third-order valence-electron chi connectivity index (χ3n) is 9.75. The summed E-state index contributed by atoms with van der Waals surface area (Å²) in [5.74, 6) is 1.19. The number of ether oxygens (including phenoxy) is 1. The number of carbonyl (C=O) groups is 3. The van der Waals surface area contributed by atoms with Crippen LogP contribution in [0.3, 0.4) is 0 Å². The van der Waals surface area contributed by atoms with Gasteiger partial charge in [0.1, 0.15) is 11.4 Å². The maximum Gasteiger partial charge on any atom is 0.250 e. The molecule has 0 spiro atoms. The zero-order valence-electron chi connectivity index (χ0n) is 27.7. The number of hydrogen-bond acceptors (Lipinski definition) is 6. The van der Waals surface area contributed by atoms with Gasteiger partial charge in [-0.3, -0.25) is 14.4 Å². The van der Waals surface area contributed by atoms with Crippen molar-refractivity contribution in [1.29, 1.82) is 0 Å². The molecule has 9 nitrogen and oxygen atoms in total. The Morgan fingerprint density at radius 1 is 0.867 bits per heavy atom. The average molecular weight is 616 g/mol. The van der Waals surface area contributed by atoms with Crippen molar-refractivity contribution in [3.8, 4) is 0 Å². The SMILES string of the molecule is CC(C)C[C@H]1C(N2CC[C@H](N3C(=O)C=C(OC(C)(C)C)[C@@H]3C)C2)=CC(=O)N1[C@H]1CCN(C2=CC(=O)N[C@H]2Cc2ccccc2)C1. The molecule has 9 heteroatoms. The molecule has 1 N–H and O–H groups in total. The summed E-state index contributed by atoms with van der Waals surface area (Å²) in [6.45, 7) is 15.6. The molecule has 3 amide bonds. The molecule has 2 saturated heterocycles. The van der Waals surface area contributed by atoms with Gasteiger partial charge in [-0.25, -0.2) is 0 Å². The fourth-order valence-electron chi connectivity index (χ4n) is 7.87. The van der Waals surface area contributed by atoms with Crippen molar-refractivity contribution < 1.29 is 19.1 Å². The average Bonchev–Trinajstić information content (AvgIpc) is 3.77. The molecule has 5 aliphatic rings. The minimum atomic E-state index is -0.361. The summed E-state index contributed by atoms with van der Waals surface area (Å²) in [5.41, 5.74) is 2.95. The molecular weight excluding hydrogens is 566 g/mol. The van der Waals surface area contributed by atoms with Gasteiger partial charge >= 0.3 is 0 Å². The lowest BCUT2D eigenvalue weighted by Gasteiger charge is -2.37. The molecule has 242 valence electrons. The van der Waals surface area contributed by atoms with Gasteiger partial charge < -0.3 is 29.7 Å². The lowest BCUT2D eigenvalue weighted by Crippen LogP contribution is -2.48. The number of hydrogen-bond donors (Lipinski definition) is 1. The van der Waals surface area contributed by atoms with Crippen molar-refractivity contribution in [2.45, 2.75) is 103 Å². The minimum absolute atomic E-state index is 0.00300. The number of nitrogens with zero attached hydrogens (tertiary/aromatic N) is 4. The zero-order valence-corrected chi connectivity index (χ0v) is 27.7. The quantitative estimate of drug-likeness (QED) is 0.455. The van der Waals surface area contributed by atoms with Gasteiger partial charge in [0.15, 0.2) is 0 Å². The van der Waals surface area contributed by atoms with Gasteiger partial charge in [0.05, 0.1) is 30.2 Å². The van der Waals surface area contributed by atoms with E-state index in [0.717, 1.165) is 62.5 Å². The van der Waals surface area contributed by atoms with Crippen LogP contribution in [0.25, 0.3) is 0 Å². The molecule has 2 fully saturated rings. The highest BCUT2D eigenvalue weighted by Crippen LogP contribution is 2.37. The lowest BCUT2D eigenvalue weighted by atomic mass is 9.99. The van der Waals surface area contributed by atoms with Crippen molar-refractivity contribution in [1.82, 2.24) is 24.9 Å². The van der Waals surface area contributed by atoms with Crippen LogP contribution in [-0.2, 0) is 25.5 Å². The lowest BCUT2D eigenvalue weighted by molar-refractivity contribution is -0.129. The number of benzene rings is 1. The molecule has 45 heavy (non-hydrogen) atoms. The smallest absolute Gasteiger partial charge is 0.250 e. The van der Waals surface area contributed by atoms with Gasteiger partial charge in [-0.15, -0.1) is 0 Å². The van der Waals surface area contributed by atoms with Crippen molar-refractivity contribution in [2.75, 3.05) is 26.2 Å². The standard InChI is InChI=1S/C36H49N5O4/c1-23(2)16-31-30(39-15-12-26(21-39)40-24(3)32(20-35(40)44)45-36(4,5)6)19-34(43)41(31)27-13-14-38(22-27)29-18-33(42)37-28(29)17-25-10-8-7-9-11-25/h7-11,18-20,23-24,26-28,31H,12-17,21-22H2,1-6H3,(H,37,42)/t24-,26-,27-,28-,31-/m0/s1. The van der Waals surface area contributed by atoms with E-state index in [-0.39, 0.29) is 53.5 Å². The second kappa shape index (κ2) is 12.2. The first-order chi connectivity index (χ1) is 21.4. The first-order valence-corrected chi connectivity index (χ1v) is 16.7. The molecule has 5 atom stereocenters. The molecule has 0 radical (unpaired) electrons. The van der Waals surface area contributed by atoms with Crippen LogP contribution < -0.4 is 5.32 Å². The number of rotatable bonds is 9. The van der Waals surface area contributed by atoms with Crippen LogP contribution in [-0.4, -0.2) is 99.3 Å². The summed E-state index contributed by atoms with van der Waals surface area (Å²) in [4.78, 5) is 48.1. The van der Waals surface area contributed by atoms with Gasteiger partial charge in [0.25, 0.3) is 5.91 Å². The Morgan fingerprint density at radius 3 is 2.13 bits per heavy atom. The highest BCUT2D eigenvalue weighted by molar-refractivity contribution is 5.93. The topological polar surface area (TPSA) is 85.4 Å². The van der Waals surface area contributed by atoms with E-state index in [1.807, 2.05) is 56.9 Å². The Balaban J connectivity index is 1.13. The number of carbonyl (C=O) groups excluding carboxylic acids is 3. The Hall–Kier alpha value is -3.75. The molecule has 0 unspecified atom stereocenters. The summed E-state index contributed by atoms with van der Waals surface area (Å²) < 4.78 is 6.12. The Morgan fingerprint density at radius 2 is 1.49 bits per heavy atom. The third kappa shape index (κ3) is 6.49. The first kappa shape index (κ1) is 31.2. The van der Waals surface area contributed by atoms with Gasteiger partial charge in [0, 0.05) is 55.8 Å². The summed E-state index contributed by atoms with van der Waals surface area (Å²) >= 11 is 0. The van der Waals surface area contributed by atoms with Crippen molar-refractivity contribution >= 4 is 17.7 Å². The van der Waals surface area contributed by atoms with E-state index in [4.69, 9.17) is 4.74 Å². The predicted molar refractivity (Wildman–Crippen MR) is 174 cm³/mol. The van der Waals surface area contributed by atoms with E-state index < -0.39 is 0 Å². The van der Waals surface area contributed by atoms with Crippen molar-refractivity contribution in [3.05, 3.63) is 71.3 Å². The maximum atomic E-state index is 13.8. The van der Waals surface area contributed by atoms with Crippen LogP contribution in [0.4, 0.5) is 0 Å². The number of nitrogens with one attached hydrogen (secondary N) is 1. The molecule has 5 aliphatic heterocycles. The highest BCUT2D eigenvalue weighted by Gasteiger charge is 2.46. The van der Waals surface area contributed by atoms with E-state index in [0.29, 0.717) is 12.5 Å². The molecule has 6 rings (SSSR count). The van der Waals surface area contributed by atoms with Crippen LogP contribution in [0.2, 0.25) is 0 Å². The molecule has 0 bridgehead atoms. The summed E-state index contributed by atoms with van der Waals surface area (Å²) in [6.07, 6.45) is 8.62. The van der Waals surface area contributed by atoms with E-state index in [1.165, 1.54) is 5.56 Å². The van der Waals surface area contributed by atoms with E-state index in [1.54, 1.807) is 12.2 Å². The molecule has 0 aliphatic carbocycles. The molecule has 5 heterocycles. The van der Waals surface area contributed by atoms with Crippen LogP contribution in [0, 0.1) is 5.92 Å². The highest BCUT2D eigenvalue weighted by atomic mass is 16.5. The van der Waals surface area contributed by atoms with Gasteiger partial charge in [-0.05, 0) is 64.9 Å². The Kier molecular flexibility index (Phi) is 8.48. The van der Waals surface area contributed by atoms with Crippen LogP contribution in [0.15, 0.2) is 65.7 Å². The third-order valence-corrected chi connectivity index (χ3v) is 9.75. The molecule has 1 aromatic carbocycles.